The van der Waals surface area contributed by atoms with Crippen LogP contribution in [0, 0.1) is 0 Å². The van der Waals surface area contributed by atoms with Crippen molar-refractivity contribution in [2.24, 2.45) is 0 Å². The van der Waals surface area contributed by atoms with Gasteiger partial charge in [-0.3, -0.25) is 4.79 Å². The molecule has 0 bridgehead atoms. The summed E-state index contributed by atoms with van der Waals surface area (Å²) in [6, 6.07) is 7.92. The second-order valence-corrected chi connectivity index (χ2v) is 6.57. The quantitative estimate of drug-likeness (QED) is 0.716. The van der Waals surface area contributed by atoms with Gasteiger partial charge in [0.05, 0.1) is 13.5 Å². The van der Waals surface area contributed by atoms with E-state index in [1.54, 1.807) is 13.4 Å². The van der Waals surface area contributed by atoms with E-state index in [2.05, 4.69) is 25.5 Å². The first kappa shape index (κ1) is 17.3. The van der Waals surface area contributed by atoms with E-state index >= 15 is 0 Å². The molecule has 2 N–H and O–H groups in total. The lowest BCUT2D eigenvalue weighted by Gasteiger charge is -2.17. The first-order valence-corrected chi connectivity index (χ1v) is 9.05. The molecule has 8 nitrogen and oxygen atoms in total. The fourth-order valence-electron chi connectivity index (χ4n) is 3.55. The van der Waals surface area contributed by atoms with Crippen LogP contribution < -0.4 is 10.1 Å². The number of aromatic nitrogens is 5. The van der Waals surface area contributed by atoms with E-state index < -0.39 is 0 Å². The second-order valence-electron chi connectivity index (χ2n) is 6.57. The lowest BCUT2D eigenvalue weighted by Crippen LogP contribution is -2.26. The molecule has 1 aromatic carbocycles. The van der Waals surface area contributed by atoms with Crippen LogP contribution in [0.3, 0.4) is 0 Å². The molecule has 3 heterocycles. The molecule has 0 fully saturated rings. The van der Waals surface area contributed by atoms with Gasteiger partial charge in [-0.25, -0.2) is 4.98 Å². The van der Waals surface area contributed by atoms with Crippen LogP contribution in [0.4, 0.5) is 0 Å². The maximum absolute atomic E-state index is 12.5. The van der Waals surface area contributed by atoms with Gasteiger partial charge in [-0.05, 0) is 25.0 Å². The molecule has 0 unspecified atom stereocenters. The third-order valence-electron chi connectivity index (χ3n) is 4.94. The Balaban J connectivity index is 1.63. The Morgan fingerprint density at radius 2 is 2.19 bits per heavy atom. The average molecular weight is 366 g/mol. The molecule has 1 amide bonds. The van der Waals surface area contributed by atoms with Crippen LogP contribution >= 0.6 is 0 Å². The van der Waals surface area contributed by atoms with Crippen LogP contribution in [0.5, 0.6) is 5.75 Å². The fourth-order valence-corrected chi connectivity index (χ4v) is 3.55. The number of nitrogens with one attached hydrogen (secondary N) is 2. The Bertz CT molecular complexity index is 961. The molecule has 0 radical (unpaired) electrons. The number of hydrogen-bond donors (Lipinski definition) is 2. The monoisotopic (exact) mass is 366 g/mol. The lowest BCUT2D eigenvalue weighted by atomic mass is 9.93. The SMILES string of the molecule is CCn1cnnc1Cc1nc2c([nH]1)C[C@@H](c1ccccc1OC)CNC2=O. The number of aromatic amines is 1. The number of carbonyl (C=O) groups is 1. The number of hydrogen-bond acceptors (Lipinski definition) is 5. The normalized spacial score (nSPS) is 16.5. The molecule has 140 valence electrons. The minimum Gasteiger partial charge on any atom is -0.496 e. The number of aryl methyl sites for hydroxylation is 1. The number of amides is 1. The van der Waals surface area contributed by atoms with E-state index in [9.17, 15) is 4.79 Å². The van der Waals surface area contributed by atoms with Gasteiger partial charge in [-0.2, -0.15) is 0 Å². The van der Waals surface area contributed by atoms with E-state index in [0.717, 1.165) is 35.2 Å². The minimum absolute atomic E-state index is 0.110. The van der Waals surface area contributed by atoms with Gasteiger partial charge in [-0.1, -0.05) is 18.2 Å². The van der Waals surface area contributed by atoms with E-state index in [0.29, 0.717) is 25.1 Å². The minimum atomic E-state index is -0.151. The number of benzene rings is 1. The molecular formula is C19H22N6O2. The first-order valence-electron chi connectivity index (χ1n) is 9.05. The third-order valence-corrected chi connectivity index (χ3v) is 4.94. The maximum atomic E-state index is 12.5. The Labute approximate surface area is 157 Å². The van der Waals surface area contributed by atoms with Gasteiger partial charge in [-0.15, -0.1) is 10.2 Å². The van der Waals surface area contributed by atoms with E-state index in [4.69, 9.17) is 4.74 Å². The Morgan fingerprint density at radius 1 is 1.33 bits per heavy atom. The lowest BCUT2D eigenvalue weighted by molar-refractivity contribution is 0.0950. The third kappa shape index (κ3) is 3.30. The zero-order valence-corrected chi connectivity index (χ0v) is 15.4. The van der Waals surface area contributed by atoms with Crippen molar-refractivity contribution in [1.29, 1.82) is 0 Å². The van der Waals surface area contributed by atoms with Gasteiger partial charge in [0.2, 0.25) is 0 Å². The maximum Gasteiger partial charge on any atom is 0.271 e. The molecule has 0 saturated heterocycles. The molecule has 8 heteroatoms. The summed E-state index contributed by atoms with van der Waals surface area (Å²) in [4.78, 5) is 20.4. The van der Waals surface area contributed by atoms with Crippen LogP contribution in [0.1, 0.15) is 46.2 Å². The number of methoxy groups -OCH3 is 1. The zero-order valence-electron chi connectivity index (χ0n) is 15.4. The number of para-hydroxylation sites is 1. The van der Waals surface area contributed by atoms with E-state index in [1.807, 2.05) is 35.8 Å². The number of fused-ring (bicyclic) bond motifs is 1. The van der Waals surface area contributed by atoms with Gasteiger partial charge in [0.25, 0.3) is 5.91 Å². The fraction of sp³-hybridized carbons (Fsp3) is 0.368. The van der Waals surface area contributed by atoms with Crippen LogP contribution in [0.15, 0.2) is 30.6 Å². The van der Waals surface area contributed by atoms with Gasteiger partial charge in [0, 0.05) is 24.7 Å². The predicted octanol–water partition coefficient (Wildman–Crippen LogP) is 1.69. The molecule has 1 aliphatic heterocycles. The zero-order chi connectivity index (χ0) is 18.8. The highest BCUT2D eigenvalue weighted by atomic mass is 16.5. The van der Waals surface area contributed by atoms with Crippen molar-refractivity contribution in [2.45, 2.75) is 32.2 Å². The van der Waals surface area contributed by atoms with Crippen LogP contribution in [-0.2, 0) is 19.4 Å². The smallest absolute Gasteiger partial charge is 0.271 e. The summed E-state index contributed by atoms with van der Waals surface area (Å²) < 4.78 is 7.46. The summed E-state index contributed by atoms with van der Waals surface area (Å²) in [5.74, 6) is 2.33. The number of carbonyl (C=O) groups excluding carboxylic acids is 1. The van der Waals surface area contributed by atoms with Gasteiger partial charge in [0.15, 0.2) is 0 Å². The van der Waals surface area contributed by atoms with Crippen molar-refractivity contribution >= 4 is 5.91 Å². The number of H-pyrrole nitrogens is 1. The van der Waals surface area contributed by atoms with Gasteiger partial charge in [0.1, 0.15) is 29.4 Å². The van der Waals surface area contributed by atoms with Gasteiger partial charge >= 0.3 is 0 Å². The molecule has 0 spiro atoms. The highest BCUT2D eigenvalue weighted by Crippen LogP contribution is 2.30. The Morgan fingerprint density at radius 3 is 3.00 bits per heavy atom. The summed E-state index contributed by atoms with van der Waals surface area (Å²) in [6.07, 6.45) is 2.89. The van der Waals surface area contributed by atoms with Crippen molar-refractivity contribution in [3.63, 3.8) is 0 Å². The molecule has 1 aliphatic rings. The molecule has 1 atom stereocenters. The molecule has 0 saturated carbocycles. The summed E-state index contributed by atoms with van der Waals surface area (Å²) in [6.45, 7) is 3.37. The number of ether oxygens (including phenoxy) is 1. The predicted molar refractivity (Wildman–Crippen MR) is 98.9 cm³/mol. The van der Waals surface area contributed by atoms with Crippen molar-refractivity contribution in [3.05, 3.63) is 59.2 Å². The summed E-state index contributed by atoms with van der Waals surface area (Å²) in [7, 11) is 1.66. The van der Waals surface area contributed by atoms with Gasteiger partial charge < -0.3 is 19.6 Å². The Hall–Kier alpha value is -3.16. The van der Waals surface area contributed by atoms with E-state index in [1.165, 1.54) is 0 Å². The van der Waals surface area contributed by atoms with Crippen LogP contribution in [0.2, 0.25) is 0 Å². The number of rotatable bonds is 5. The Kier molecular flexibility index (Phi) is 4.62. The summed E-state index contributed by atoms with van der Waals surface area (Å²) >= 11 is 0. The van der Waals surface area contributed by atoms with Crippen molar-refractivity contribution < 1.29 is 9.53 Å². The van der Waals surface area contributed by atoms with Crippen molar-refractivity contribution in [2.75, 3.05) is 13.7 Å². The largest absolute Gasteiger partial charge is 0.496 e. The topological polar surface area (TPSA) is 97.7 Å². The first-order chi connectivity index (χ1) is 13.2. The number of imidazole rings is 1. The molecule has 2 aromatic heterocycles. The average Bonchev–Trinajstić information content (AvgIpc) is 3.28. The number of nitrogens with zero attached hydrogens (tertiary/aromatic N) is 4. The molecule has 3 aromatic rings. The summed E-state index contributed by atoms with van der Waals surface area (Å²) in [5, 5.41) is 11.1. The van der Waals surface area contributed by atoms with Crippen LogP contribution in [-0.4, -0.2) is 44.3 Å². The van der Waals surface area contributed by atoms with E-state index in [-0.39, 0.29) is 11.8 Å². The van der Waals surface area contributed by atoms with Crippen molar-refractivity contribution in [1.82, 2.24) is 30.0 Å². The van der Waals surface area contributed by atoms with Crippen molar-refractivity contribution in [3.8, 4) is 5.75 Å². The standard InChI is InChI=1S/C19H22N6O2/c1-3-25-11-21-24-17(25)9-16-22-14-8-12(10-20-19(26)18(14)23-16)13-6-4-5-7-15(13)27-2/h4-7,11-12H,3,8-10H2,1-2H3,(H,20,26)(H,22,23)/t12-/m1/s1. The second kappa shape index (κ2) is 7.22. The molecule has 0 aliphatic carbocycles. The molecule has 4 rings (SSSR count). The van der Waals surface area contributed by atoms with Crippen LogP contribution in [0.25, 0.3) is 0 Å². The highest BCUT2D eigenvalue weighted by Gasteiger charge is 2.27. The highest BCUT2D eigenvalue weighted by molar-refractivity contribution is 5.94. The molecule has 27 heavy (non-hydrogen) atoms. The molecular weight excluding hydrogens is 344 g/mol. The summed E-state index contributed by atoms with van der Waals surface area (Å²) in [5.41, 5.74) is 2.39.